The van der Waals surface area contributed by atoms with Gasteiger partial charge in [-0.1, -0.05) is 13.8 Å². The molecule has 0 heterocycles. The lowest BCUT2D eigenvalue weighted by molar-refractivity contribution is -0.115. The molecule has 0 aliphatic heterocycles. The molecule has 4 heteroatoms. The molecule has 1 saturated carbocycles. The van der Waals surface area contributed by atoms with Crippen LogP contribution < -0.4 is 10.6 Å². The van der Waals surface area contributed by atoms with Crippen molar-refractivity contribution in [1.82, 2.24) is 5.32 Å². The van der Waals surface area contributed by atoms with Gasteiger partial charge in [0.2, 0.25) is 5.91 Å². The van der Waals surface area contributed by atoms with E-state index in [1.54, 1.807) is 12.1 Å². The summed E-state index contributed by atoms with van der Waals surface area (Å²) in [4.78, 5) is 11.8. The minimum absolute atomic E-state index is 0.0810. The first kappa shape index (κ1) is 15.0. The van der Waals surface area contributed by atoms with E-state index in [0.717, 1.165) is 24.7 Å². The fourth-order valence-corrected chi connectivity index (χ4v) is 3.09. The van der Waals surface area contributed by atoms with Gasteiger partial charge in [0.05, 0.1) is 6.54 Å². The van der Waals surface area contributed by atoms with E-state index in [0.29, 0.717) is 18.3 Å². The number of hydrogen-bond donors (Lipinski definition) is 2. The second-order valence-electron chi connectivity index (χ2n) is 6.05. The van der Waals surface area contributed by atoms with Crippen LogP contribution in [0.4, 0.5) is 10.1 Å². The van der Waals surface area contributed by atoms with Gasteiger partial charge >= 0.3 is 0 Å². The Bertz CT molecular complexity index is 436. The van der Waals surface area contributed by atoms with E-state index in [9.17, 15) is 9.18 Å². The van der Waals surface area contributed by atoms with E-state index >= 15 is 0 Å². The van der Waals surface area contributed by atoms with Gasteiger partial charge in [-0.05, 0) is 55.4 Å². The molecule has 0 saturated heterocycles. The number of hydrogen-bond acceptors (Lipinski definition) is 2. The van der Waals surface area contributed by atoms with Gasteiger partial charge in [-0.3, -0.25) is 4.79 Å². The lowest BCUT2D eigenvalue weighted by atomic mass is 9.80. The predicted octanol–water partition coefficient (Wildman–Crippen LogP) is 3.18. The van der Waals surface area contributed by atoms with Crippen molar-refractivity contribution >= 4 is 11.6 Å². The number of anilines is 1. The fourth-order valence-electron chi connectivity index (χ4n) is 3.09. The van der Waals surface area contributed by atoms with E-state index in [1.165, 1.54) is 18.6 Å². The zero-order chi connectivity index (χ0) is 14.5. The second-order valence-corrected chi connectivity index (χ2v) is 6.05. The van der Waals surface area contributed by atoms with Gasteiger partial charge in [-0.25, -0.2) is 4.39 Å². The summed E-state index contributed by atoms with van der Waals surface area (Å²) in [6.45, 7) is 4.84. The van der Waals surface area contributed by atoms with Crippen LogP contribution in [0.3, 0.4) is 0 Å². The minimum Gasteiger partial charge on any atom is -0.325 e. The molecule has 0 bridgehead atoms. The maximum atomic E-state index is 12.8. The molecule has 0 aromatic heterocycles. The van der Waals surface area contributed by atoms with Crippen molar-refractivity contribution in [3.63, 3.8) is 0 Å². The Labute approximate surface area is 120 Å². The summed E-state index contributed by atoms with van der Waals surface area (Å²) in [5.41, 5.74) is 0.628. The summed E-state index contributed by atoms with van der Waals surface area (Å²) in [5, 5.41) is 6.09. The third-order valence-corrected chi connectivity index (χ3v) is 3.86. The highest BCUT2D eigenvalue weighted by Crippen LogP contribution is 2.28. The predicted molar refractivity (Wildman–Crippen MR) is 79.0 cm³/mol. The molecule has 1 aromatic rings. The third-order valence-electron chi connectivity index (χ3n) is 3.86. The van der Waals surface area contributed by atoms with Crippen molar-refractivity contribution in [1.29, 1.82) is 0 Å². The van der Waals surface area contributed by atoms with Gasteiger partial charge in [0.1, 0.15) is 5.82 Å². The lowest BCUT2D eigenvalue weighted by Gasteiger charge is -2.31. The molecule has 110 valence electrons. The summed E-state index contributed by atoms with van der Waals surface area (Å²) in [6.07, 6.45) is 3.54. The van der Waals surface area contributed by atoms with Gasteiger partial charge in [-0.2, -0.15) is 0 Å². The zero-order valence-electron chi connectivity index (χ0n) is 12.2. The molecular weight excluding hydrogens is 255 g/mol. The quantitative estimate of drug-likeness (QED) is 0.888. The number of carbonyl (C=O) groups is 1. The first-order valence-electron chi connectivity index (χ1n) is 7.31. The topological polar surface area (TPSA) is 41.1 Å². The Morgan fingerprint density at radius 1 is 1.15 bits per heavy atom. The number of nitrogens with one attached hydrogen (secondary N) is 2. The van der Waals surface area contributed by atoms with Gasteiger partial charge in [0.15, 0.2) is 0 Å². The van der Waals surface area contributed by atoms with Gasteiger partial charge < -0.3 is 10.6 Å². The molecule has 1 aliphatic rings. The van der Waals surface area contributed by atoms with Crippen LogP contribution in [0.1, 0.15) is 33.1 Å². The van der Waals surface area contributed by atoms with Crippen LogP contribution in [-0.4, -0.2) is 18.5 Å². The Kier molecular flexibility index (Phi) is 5.12. The van der Waals surface area contributed by atoms with Crippen molar-refractivity contribution in [2.75, 3.05) is 11.9 Å². The van der Waals surface area contributed by atoms with Gasteiger partial charge in [0, 0.05) is 11.7 Å². The normalized spacial score (nSPS) is 26.2. The van der Waals surface area contributed by atoms with Crippen LogP contribution in [-0.2, 0) is 4.79 Å². The highest BCUT2D eigenvalue weighted by atomic mass is 19.1. The maximum absolute atomic E-state index is 12.8. The van der Waals surface area contributed by atoms with Crippen LogP contribution >= 0.6 is 0 Å². The van der Waals surface area contributed by atoms with E-state index in [-0.39, 0.29) is 11.7 Å². The van der Waals surface area contributed by atoms with E-state index < -0.39 is 0 Å². The van der Waals surface area contributed by atoms with Crippen LogP contribution in [0.15, 0.2) is 24.3 Å². The zero-order valence-corrected chi connectivity index (χ0v) is 12.2. The summed E-state index contributed by atoms with van der Waals surface area (Å²) in [7, 11) is 0. The van der Waals surface area contributed by atoms with Crippen molar-refractivity contribution in [2.45, 2.75) is 39.2 Å². The van der Waals surface area contributed by atoms with Crippen molar-refractivity contribution in [3.8, 4) is 0 Å². The molecule has 1 aliphatic carbocycles. The van der Waals surface area contributed by atoms with Gasteiger partial charge in [-0.15, -0.1) is 0 Å². The molecule has 1 amide bonds. The fraction of sp³-hybridized carbons (Fsp3) is 0.562. The molecule has 1 fully saturated rings. The Morgan fingerprint density at radius 2 is 1.75 bits per heavy atom. The van der Waals surface area contributed by atoms with Gasteiger partial charge in [0.25, 0.3) is 0 Å². The van der Waals surface area contributed by atoms with E-state index in [2.05, 4.69) is 24.5 Å². The molecule has 0 spiro atoms. The molecule has 20 heavy (non-hydrogen) atoms. The first-order chi connectivity index (χ1) is 9.52. The largest absolute Gasteiger partial charge is 0.325 e. The molecule has 2 atom stereocenters. The number of halogens is 1. The Hall–Kier alpha value is -1.42. The monoisotopic (exact) mass is 278 g/mol. The Balaban J connectivity index is 1.76. The summed E-state index contributed by atoms with van der Waals surface area (Å²) in [5.74, 6) is 1.06. The average Bonchev–Trinajstić information content (AvgIpc) is 2.38. The first-order valence-corrected chi connectivity index (χ1v) is 7.31. The standard InChI is InChI=1S/C16H23FN2O/c1-11-7-12(2)9-15(8-11)18-10-16(20)19-14-5-3-13(17)4-6-14/h3-6,11-12,15,18H,7-10H2,1-2H3,(H,19,20). The number of rotatable bonds is 4. The summed E-state index contributed by atoms with van der Waals surface area (Å²) < 4.78 is 12.8. The molecule has 2 N–H and O–H groups in total. The SMILES string of the molecule is CC1CC(C)CC(NCC(=O)Nc2ccc(F)cc2)C1. The van der Waals surface area contributed by atoms with Crippen LogP contribution in [0.5, 0.6) is 0 Å². The molecule has 2 rings (SSSR count). The third kappa shape index (κ3) is 4.60. The maximum Gasteiger partial charge on any atom is 0.238 e. The minimum atomic E-state index is -0.300. The van der Waals surface area contributed by atoms with Crippen LogP contribution in [0.25, 0.3) is 0 Å². The van der Waals surface area contributed by atoms with E-state index in [1.807, 2.05) is 0 Å². The molecule has 2 unspecified atom stereocenters. The summed E-state index contributed by atoms with van der Waals surface area (Å²) in [6, 6.07) is 6.24. The molecule has 0 radical (unpaired) electrons. The van der Waals surface area contributed by atoms with Crippen LogP contribution in [0, 0.1) is 17.7 Å². The molecule has 3 nitrogen and oxygen atoms in total. The van der Waals surface area contributed by atoms with E-state index in [4.69, 9.17) is 0 Å². The second kappa shape index (κ2) is 6.84. The van der Waals surface area contributed by atoms with Crippen molar-refractivity contribution < 1.29 is 9.18 Å². The number of amides is 1. The molecular formula is C16H23FN2O. The highest BCUT2D eigenvalue weighted by molar-refractivity contribution is 5.92. The van der Waals surface area contributed by atoms with Crippen molar-refractivity contribution in [3.05, 3.63) is 30.1 Å². The average molecular weight is 278 g/mol. The smallest absolute Gasteiger partial charge is 0.238 e. The lowest BCUT2D eigenvalue weighted by Crippen LogP contribution is -2.40. The Morgan fingerprint density at radius 3 is 2.35 bits per heavy atom. The molecule has 1 aromatic carbocycles. The number of carbonyl (C=O) groups excluding carboxylic acids is 1. The van der Waals surface area contributed by atoms with Crippen LogP contribution in [0.2, 0.25) is 0 Å². The van der Waals surface area contributed by atoms with Crippen molar-refractivity contribution in [2.24, 2.45) is 11.8 Å². The summed E-state index contributed by atoms with van der Waals surface area (Å²) >= 11 is 0. The highest BCUT2D eigenvalue weighted by Gasteiger charge is 2.23. The number of benzene rings is 1.